The van der Waals surface area contributed by atoms with Crippen LogP contribution in [0.3, 0.4) is 0 Å². The molecule has 0 amide bonds. The zero-order chi connectivity index (χ0) is 14.1. The third kappa shape index (κ3) is 5.06. The van der Waals surface area contributed by atoms with Gasteiger partial charge in [0.15, 0.2) is 11.5 Å². The molecule has 19 heavy (non-hydrogen) atoms. The fraction of sp³-hybridized carbons (Fsp3) is 0.571. The lowest BCUT2D eigenvalue weighted by atomic mass is 10.1. The minimum Gasteiger partial charge on any atom is -0.493 e. The van der Waals surface area contributed by atoms with E-state index in [1.807, 2.05) is 6.92 Å². The summed E-state index contributed by atoms with van der Waals surface area (Å²) in [5, 5.41) is 10.00. The molecule has 1 rings (SSSR count). The van der Waals surface area contributed by atoms with Crippen molar-refractivity contribution in [2.75, 3.05) is 40.6 Å². The monoisotopic (exact) mass is 270 g/mol. The summed E-state index contributed by atoms with van der Waals surface area (Å²) in [4.78, 5) is 0. The first kappa shape index (κ1) is 15.8. The second kappa shape index (κ2) is 8.74. The van der Waals surface area contributed by atoms with Gasteiger partial charge < -0.3 is 24.1 Å². The molecule has 1 unspecified atom stereocenters. The maximum absolute atomic E-state index is 10.00. The molecule has 0 aliphatic rings. The molecule has 1 atom stereocenters. The van der Waals surface area contributed by atoms with Crippen LogP contribution in [-0.4, -0.2) is 45.8 Å². The van der Waals surface area contributed by atoms with E-state index in [0.29, 0.717) is 31.3 Å². The van der Waals surface area contributed by atoms with Crippen LogP contribution in [0.5, 0.6) is 11.5 Å². The van der Waals surface area contributed by atoms with Crippen LogP contribution in [0.25, 0.3) is 0 Å². The van der Waals surface area contributed by atoms with Gasteiger partial charge in [-0.25, -0.2) is 0 Å². The lowest BCUT2D eigenvalue weighted by molar-refractivity contribution is 0.00524. The molecular formula is C14H22O5. The summed E-state index contributed by atoms with van der Waals surface area (Å²) in [6.45, 7) is 3.83. The maximum Gasteiger partial charge on any atom is 0.161 e. The van der Waals surface area contributed by atoms with Crippen LogP contribution < -0.4 is 9.47 Å². The molecule has 1 N–H and O–H groups in total. The van der Waals surface area contributed by atoms with E-state index in [-0.39, 0.29) is 6.61 Å². The molecule has 0 fully saturated rings. The summed E-state index contributed by atoms with van der Waals surface area (Å²) >= 11 is 0. The molecule has 5 nitrogen and oxygen atoms in total. The van der Waals surface area contributed by atoms with E-state index in [4.69, 9.17) is 18.9 Å². The fourth-order valence-electron chi connectivity index (χ4n) is 1.61. The van der Waals surface area contributed by atoms with Gasteiger partial charge >= 0.3 is 0 Å². The molecule has 0 aliphatic carbocycles. The van der Waals surface area contributed by atoms with E-state index in [2.05, 4.69) is 0 Å². The first-order valence-electron chi connectivity index (χ1n) is 6.28. The minimum absolute atomic E-state index is 0.225. The average molecular weight is 270 g/mol. The quantitative estimate of drug-likeness (QED) is 0.693. The van der Waals surface area contributed by atoms with Gasteiger partial charge in [0.25, 0.3) is 0 Å². The van der Waals surface area contributed by atoms with Crippen molar-refractivity contribution in [3.05, 3.63) is 23.8 Å². The van der Waals surface area contributed by atoms with Gasteiger partial charge in [-0.3, -0.25) is 0 Å². The zero-order valence-electron chi connectivity index (χ0n) is 11.7. The minimum atomic E-state index is -0.693. The van der Waals surface area contributed by atoms with E-state index in [1.165, 1.54) is 0 Å². The topological polar surface area (TPSA) is 57.2 Å². The van der Waals surface area contributed by atoms with Crippen molar-refractivity contribution in [1.29, 1.82) is 0 Å². The van der Waals surface area contributed by atoms with Crippen molar-refractivity contribution in [3.8, 4) is 11.5 Å². The Morgan fingerprint density at radius 3 is 2.37 bits per heavy atom. The fourth-order valence-corrected chi connectivity index (χ4v) is 1.61. The summed E-state index contributed by atoms with van der Waals surface area (Å²) in [7, 11) is 3.14. The van der Waals surface area contributed by atoms with Crippen LogP contribution in [0.15, 0.2) is 18.2 Å². The number of aliphatic hydroxyl groups is 1. The maximum atomic E-state index is 10.00. The van der Waals surface area contributed by atoms with Gasteiger partial charge in [0.2, 0.25) is 0 Å². The lowest BCUT2D eigenvalue weighted by Gasteiger charge is -2.14. The van der Waals surface area contributed by atoms with Gasteiger partial charge in [-0.1, -0.05) is 6.07 Å². The van der Waals surface area contributed by atoms with Crippen LogP contribution >= 0.6 is 0 Å². The van der Waals surface area contributed by atoms with Gasteiger partial charge in [-0.2, -0.15) is 0 Å². The van der Waals surface area contributed by atoms with Crippen molar-refractivity contribution in [3.63, 3.8) is 0 Å². The van der Waals surface area contributed by atoms with Crippen LogP contribution in [0.4, 0.5) is 0 Å². The van der Waals surface area contributed by atoms with Crippen molar-refractivity contribution in [1.82, 2.24) is 0 Å². The van der Waals surface area contributed by atoms with Gasteiger partial charge in [-0.05, 0) is 24.6 Å². The van der Waals surface area contributed by atoms with Crippen LogP contribution in [-0.2, 0) is 9.47 Å². The van der Waals surface area contributed by atoms with Gasteiger partial charge in [0, 0.05) is 6.61 Å². The second-order valence-corrected chi connectivity index (χ2v) is 3.90. The van der Waals surface area contributed by atoms with E-state index in [0.717, 1.165) is 5.56 Å². The van der Waals surface area contributed by atoms with Gasteiger partial charge in [0.05, 0.1) is 34.0 Å². The summed E-state index contributed by atoms with van der Waals surface area (Å²) in [6, 6.07) is 5.30. The number of methoxy groups -OCH3 is 2. The Kier molecular flexibility index (Phi) is 7.25. The van der Waals surface area contributed by atoms with Crippen molar-refractivity contribution in [2.24, 2.45) is 0 Å². The third-order valence-electron chi connectivity index (χ3n) is 2.64. The molecule has 5 heteroatoms. The Morgan fingerprint density at radius 1 is 1.05 bits per heavy atom. The zero-order valence-corrected chi connectivity index (χ0v) is 11.7. The van der Waals surface area contributed by atoms with Crippen molar-refractivity contribution in [2.45, 2.75) is 13.0 Å². The molecule has 1 aromatic carbocycles. The van der Waals surface area contributed by atoms with Crippen LogP contribution in [0, 0.1) is 0 Å². The first-order chi connectivity index (χ1) is 9.22. The highest BCUT2D eigenvalue weighted by Crippen LogP contribution is 2.29. The molecule has 0 radical (unpaired) electrons. The van der Waals surface area contributed by atoms with E-state index in [9.17, 15) is 5.11 Å². The number of aliphatic hydroxyl groups excluding tert-OH is 1. The van der Waals surface area contributed by atoms with Crippen molar-refractivity contribution < 1.29 is 24.1 Å². The highest BCUT2D eigenvalue weighted by Gasteiger charge is 2.11. The van der Waals surface area contributed by atoms with E-state index < -0.39 is 6.10 Å². The SMILES string of the molecule is CCOCCOCC(O)c1ccc(OC)c(OC)c1. The van der Waals surface area contributed by atoms with E-state index in [1.54, 1.807) is 32.4 Å². The Morgan fingerprint density at radius 2 is 1.74 bits per heavy atom. The summed E-state index contributed by atoms with van der Waals surface area (Å²) in [6.07, 6.45) is -0.693. The highest BCUT2D eigenvalue weighted by atomic mass is 16.5. The van der Waals surface area contributed by atoms with E-state index >= 15 is 0 Å². The highest BCUT2D eigenvalue weighted by molar-refractivity contribution is 5.43. The molecule has 0 heterocycles. The first-order valence-corrected chi connectivity index (χ1v) is 6.28. The molecule has 0 bridgehead atoms. The Hall–Kier alpha value is -1.30. The summed E-state index contributed by atoms with van der Waals surface area (Å²) < 4.78 is 20.8. The molecule has 0 spiro atoms. The number of ether oxygens (including phenoxy) is 4. The average Bonchev–Trinajstić information content (AvgIpc) is 2.46. The normalized spacial score (nSPS) is 12.2. The van der Waals surface area contributed by atoms with Crippen LogP contribution in [0.2, 0.25) is 0 Å². The van der Waals surface area contributed by atoms with Crippen molar-refractivity contribution >= 4 is 0 Å². The summed E-state index contributed by atoms with van der Waals surface area (Å²) in [5.74, 6) is 1.23. The number of rotatable bonds is 9. The largest absolute Gasteiger partial charge is 0.493 e. The predicted molar refractivity (Wildman–Crippen MR) is 71.8 cm³/mol. The molecule has 0 aromatic heterocycles. The Balaban J connectivity index is 2.49. The molecular weight excluding hydrogens is 248 g/mol. The Bertz CT molecular complexity index is 367. The third-order valence-corrected chi connectivity index (χ3v) is 2.64. The predicted octanol–water partition coefficient (Wildman–Crippen LogP) is 1.79. The summed E-state index contributed by atoms with van der Waals surface area (Å²) in [5.41, 5.74) is 0.731. The lowest BCUT2D eigenvalue weighted by Crippen LogP contribution is -2.11. The van der Waals surface area contributed by atoms with Crippen LogP contribution in [0.1, 0.15) is 18.6 Å². The second-order valence-electron chi connectivity index (χ2n) is 3.90. The smallest absolute Gasteiger partial charge is 0.161 e. The molecule has 0 aliphatic heterocycles. The standard InChI is InChI=1S/C14H22O5/c1-4-18-7-8-19-10-12(15)11-5-6-13(16-2)14(9-11)17-3/h5-6,9,12,15H,4,7-8,10H2,1-3H3. The molecule has 0 saturated carbocycles. The Labute approximate surface area is 114 Å². The number of hydrogen-bond acceptors (Lipinski definition) is 5. The van der Waals surface area contributed by atoms with Gasteiger partial charge in [0.1, 0.15) is 6.10 Å². The molecule has 1 aromatic rings. The number of hydrogen-bond donors (Lipinski definition) is 1. The number of benzene rings is 1. The molecule has 108 valence electrons. The molecule has 0 saturated heterocycles. The van der Waals surface area contributed by atoms with Gasteiger partial charge in [-0.15, -0.1) is 0 Å².